The number of amides is 2. The Labute approximate surface area is 253 Å². The van der Waals surface area contributed by atoms with Crippen LogP contribution in [-0.4, -0.2) is 43.8 Å². The van der Waals surface area contributed by atoms with Crippen molar-refractivity contribution in [3.63, 3.8) is 0 Å². The summed E-state index contributed by atoms with van der Waals surface area (Å²) >= 11 is 12.8. The second kappa shape index (κ2) is 14.2. The first-order chi connectivity index (χ1) is 19.4. The van der Waals surface area contributed by atoms with Crippen LogP contribution in [0.1, 0.15) is 50.3 Å². The number of sulfonamides is 1. The summed E-state index contributed by atoms with van der Waals surface area (Å²) in [5.41, 5.74) is 2.78. The van der Waals surface area contributed by atoms with Crippen molar-refractivity contribution in [3.05, 3.63) is 93.5 Å². The standard InChI is InChI=1S/C31H37Cl2N3O4S/c1-6-23(5)34-31(38)27(7-2)35(19-24-11-8-10-22(4)18-24)29(37)20-36(28-13-9-12-26(32)30(28)33)41(39,40)25-16-14-21(3)15-17-25/h8-18,23,27H,6-7,19-20H2,1-5H3,(H,34,38)/t23-,27+/m1/s1. The number of halogens is 2. The van der Waals surface area contributed by atoms with E-state index < -0.39 is 28.5 Å². The van der Waals surface area contributed by atoms with Crippen LogP contribution in [0.3, 0.4) is 0 Å². The Hall–Kier alpha value is -3.07. The van der Waals surface area contributed by atoms with Crippen molar-refractivity contribution in [1.82, 2.24) is 10.2 Å². The van der Waals surface area contributed by atoms with Gasteiger partial charge in [0.25, 0.3) is 10.0 Å². The fraction of sp³-hybridized carbons (Fsp3) is 0.355. The number of anilines is 1. The molecule has 220 valence electrons. The molecule has 0 unspecified atom stereocenters. The summed E-state index contributed by atoms with van der Waals surface area (Å²) in [5, 5.41) is 3.13. The van der Waals surface area contributed by atoms with E-state index in [0.29, 0.717) is 6.42 Å². The van der Waals surface area contributed by atoms with E-state index in [0.717, 1.165) is 27.4 Å². The lowest BCUT2D eigenvalue weighted by atomic mass is 10.1. The summed E-state index contributed by atoms with van der Waals surface area (Å²) in [6, 6.07) is 17.7. The van der Waals surface area contributed by atoms with Crippen LogP contribution in [0.15, 0.2) is 71.6 Å². The van der Waals surface area contributed by atoms with E-state index in [4.69, 9.17) is 23.2 Å². The van der Waals surface area contributed by atoms with E-state index in [1.165, 1.54) is 23.1 Å². The zero-order chi connectivity index (χ0) is 30.3. The number of carbonyl (C=O) groups is 2. The third-order valence-corrected chi connectivity index (χ3v) is 9.49. The highest BCUT2D eigenvalue weighted by molar-refractivity contribution is 7.92. The van der Waals surface area contributed by atoms with Gasteiger partial charge in [-0.1, -0.05) is 90.6 Å². The molecule has 0 aliphatic heterocycles. The molecule has 3 rings (SSSR count). The van der Waals surface area contributed by atoms with Gasteiger partial charge in [0.2, 0.25) is 11.8 Å². The molecular formula is C31H37Cl2N3O4S. The van der Waals surface area contributed by atoms with Gasteiger partial charge in [-0.3, -0.25) is 13.9 Å². The van der Waals surface area contributed by atoms with Crippen molar-refractivity contribution in [2.24, 2.45) is 0 Å². The maximum absolute atomic E-state index is 14.2. The van der Waals surface area contributed by atoms with Crippen LogP contribution in [0.2, 0.25) is 10.0 Å². The molecule has 0 saturated carbocycles. The van der Waals surface area contributed by atoms with Gasteiger partial charge in [-0.2, -0.15) is 0 Å². The summed E-state index contributed by atoms with van der Waals surface area (Å²) in [7, 11) is -4.25. The molecule has 0 aliphatic carbocycles. The SMILES string of the molecule is CC[C@@H](C)NC(=O)[C@H](CC)N(Cc1cccc(C)c1)C(=O)CN(c1cccc(Cl)c1Cl)S(=O)(=O)c1ccc(C)cc1. The van der Waals surface area contributed by atoms with Crippen LogP contribution in [0.4, 0.5) is 5.69 Å². The number of nitrogens with one attached hydrogen (secondary N) is 1. The summed E-state index contributed by atoms with van der Waals surface area (Å²) in [4.78, 5) is 29.0. The van der Waals surface area contributed by atoms with E-state index in [2.05, 4.69) is 5.32 Å². The number of rotatable bonds is 12. The molecule has 0 aromatic heterocycles. The summed E-state index contributed by atoms with van der Waals surface area (Å²) in [5.74, 6) is -0.846. The lowest BCUT2D eigenvalue weighted by Gasteiger charge is -2.34. The Kier molecular flexibility index (Phi) is 11.2. The number of carbonyl (C=O) groups excluding carboxylic acids is 2. The van der Waals surface area contributed by atoms with Gasteiger partial charge in [0.05, 0.1) is 20.6 Å². The fourth-order valence-corrected chi connectivity index (χ4v) is 6.28. The highest BCUT2D eigenvalue weighted by Crippen LogP contribution is 2.35. The van der Waals surface area contributed by atoms with Crippen molar-refractivity contribution in [1.29, 1.82) is 0 Å². The van der Waals surface area contributed by atoms with E-state index in [1.54, 1.807) is 24.3 Å². The van der Waals surface area contributed by atoms with E-state index >= 15 is 0 Å². The molecule has 3 aromatic rings. The number of hydrogen-bond acceptors (Lipinski definition) is 4. The van der Waals surface area contributed by atoms with Crippen molar-refractivity contribution in [2.45, 2.75) is 71.0 Å². The average Bonchev–Trinajstić information content (AvgIpc) is 2.93. The minimum atomic E-state index is -4.25. The molecular weight excluding hydrogens is 581 g/mol. The van der Waals surface area contributed by atoms with Crippen LogP contribution < -0.4 is 9.62 Å². The number of benzene rings is 3. The van der Waals surface area contributed by atoms with Crippen molar-refractivity contribution >= 4 is 50.7 Å². The molecule has 2 atom stereocenters. The molecule has 0 saturated heterocycles. The smallest absolute Gasteiger partial charge is 0.264 e. The Balaban J connectivity index is 2.10. The number of hydrogen-bond donors (Lipinski definition) is 1. The van der Waals surface area contributed by atoms with Crippen LogP contribution in [0, 0.1) is 13.8 Å². The minimum Gasteiger partial charge on any atom is -0.352 e. The highest BCUT2D eigenvalue weighted by atomic mass is 35.5. The molecule has 2 amide bonds. The Morgan fingerprint density at radius 2 is 1.56 bits per heavy atom. The first-order valence-electron chi connectivity index (χ1n) is 13.6. The van der Waals surface area contributed by atoms with Crippen LogP contribution in [0.25, 0.3) is 0 Å². The van der Waals surface area contributed by atoms with Gasteiger partial charge in [0, 0.05) is 12.6 Å². The molecule has 0 aliphatic rings. The van der Waals surface area contributed by atoms with Crippen LogP contribution in [0.5, 0.6) is 0 Å². The van der Waals surface area contributed by atoms with Gasteiger partial charge in [-0.05, 0) is 63.4 Å². The zero-order valence-corrected chi connectivity index (χ0v) is 26.4. The molecule has 1 N–H and O–H groups in total. The molecule has 0 spiro atoms. The van der Waals surface area contributed by atoms with Gasteiger partial charge >= 0.3 is 0 Å². The largest absolute Gasteiger partial charge is 0.352 e. The van der Waals surface area contributed by atoms with Crippen molar-refractivity contribution in [3.8, 4) is 0 Å². The second-order valence-corrected chi connectivity index (χ2v) is 12.8. The lowest BCUT2D eigenvalue weighted by molar-refractivity contribution is -0.140. The van der Waals surface area contributed by atoms with Crippen LogP contribution in [-0.2, 0) is 26.2 Å². The van der Waals surface area contributed by atoms with E-state index in [1.807, 2.05) is 58.9 Å². The maximum atomic E-state index is 14.2. The molecule has 10 heteroatoms. The minimum absolute atomic E-state index is 0.00117. The Morgan fingerprint density at radius 3 is 2.17 bits per heavy atom. The third kappa shape index (κ3) is 8.03. The van der Waals surface area contributed by atoms with Gasteiger partial charge in [0.1, 0.15) is 12.6 Å². The molecule has 3 aromatic carbocycles. The number of nitrogens with zero attached hydrogens (tertiary/aromatic N) is 2. The first kappa shape index (κ1) is 32.4. The zero-order valence-electron chi connectivity index (χ0n) is 24.0. The van der Waals surface area contributed by atoms with Gasteiger partial charge in [-0.25, -0.2) is 8.42 Å². The lowest BCUT2D eigenvalue weighted by Crippen LogP contribution is -2.53. The summed E-state index contributed by atoms with van der Waals surface area (Å²) < 4.78 is 29.0. The molecule has 0 fully saturated rings. The second-order valence-electron chi connectivity index (χ2n) is 10.2. The predicted octanol–water partition coefficient (Wildman–Crippen LogP) is 6.53. The molecule has 0 heterocycles. The van der Waals surface area contributed by atoms with Crippen molar-refractivity contribution < 1.29 is 18.0 Å². The molecule has 41 heavy (non-hydrogen) atoms. The third-order valence-electron chi connectivity index (χ3n) is 6.91. The maximum Gasteiger partial charge on any atom is 0.264 e. The summed E-state index contributed by atoms with van der Waals surface area (Å²) in [6.45, 7) is 9.01. The average molecular weight is 619 g/mol. The van der Waals surface area contributed by atoms with E-state index in [-0.39, 0.29) is 39.1 Å². The van der Waals surface area contributed by atoms with Gasteiger partial charge < -0.3 is 10.2 Å². The summed E-state index contributed by atoms with van der Waals surface area (Å²) in [6.07, 6.45) is 1.06. The Morgan fingerprint density at radius 1 is 0.902 bits per heavy atom. The van der Waals surface area contributed by atoms with Crippen molar-refractivity contribution in [2.75, 3.05) is 10.8 Å². The van der Waals surface area contributed by atoms with E-state index in [9.17, 15) is 18.0 Å². The Bertz CT molecular complexity index is 1480. The molecule has 7 nitrogen and oxygen atoms in total. The quantitative estimate of drug-likeness (QED) is 0.250. The molecule has 0 bridgehead atoms. The first-order valence-corrected chi connectivity index (χ1v) is 15.8. The van der Waals surface area contributed by atoms with Crippen LogP contribution >= 0.6 is 23.2 Å². The fourth-order valence-electron chi connectivity index (χ4n) is 4.40. The normalized spacial score (nSPS) is 12.9. The van der Waals surface area contributed by atoms with Gasteiger partial charge in [0.15, 0.2) is 0 Å². The van der Waals surface area contributed by atoms with Gasteiger partial charge in [-0.15, -0.1) is 0 Å². The predicted molar refractivity (Wildman–Crippen MR) is 166 cm³/mol. The number of aryl methyl sites for hydroxylation is 2. The highest BCUT2D eigenvalue weighted by Gasteiger charge is 2.35. The topological polar surface area (TPSA) is 86.8 Å². The monoisotopic (exact) mass is 617 g/mol. The molecule has 0 radical (unpaired) electrons.